The molecule has 1 aromatic carbocycles. The van der Waals surface area contributed by atoms with Crippen LogP contribution in [-0.4, -0.2) is 25.0 Å². The van der Waals surface area contributed by atoms with E-state index in [0.717, 1.165) is 36.2 Å². The van der Waals surface area contributed by atoms with E-state index in [1.54, 1.807) is 0 Å². The maximum atomic E-state index is 12.1. The molecule has 1 aliphatic heterocycles. The summed E-state index contributed by atoms with van der Waals surface area (Å²) >= 11 is 0. The van der Waals surface area contributed by atoms with E-state index in [-0.39, 0.29) is 5.91 Å². The first kappa shape index (κ1) is 14.1. The molecule has 1 aromatic rings. The molecule has 2 N–H and O–H groups in total. The summed E-state index contributed by atoms with van der Waals surface area (Å²) in [7, 11) is 0. The first-order chi connectivity index (χ1) is 9.16. The van der Waals surface area contributed by atoms with Crippen molar-refractivity contribution in [2.75, 3.05) is 13.1 Å². The van der Waals surface area contributed by atoms with Gasteiger partial charge in [-0.2, -0.15) is 0 Å². The van der Waals surface area contributed by atoms with E-state index >= 15 is 0 Å². The number of aryl methyl sites for hydroxylation is 2. The highest BCUT2D eigenvalue weighted by Gasteiger charge is 2.13. The van der Waals surface area contributed by atoms with Crippen molar-refractivity contribution in [2.24, 2.45) is 0 Å². The van der Waals surface area contributed by atoms with Crippen molar-refractivity contribution in [3.8, 4) is 0 Å². The summed E-state index contributed by atoms with van der Waals surface area (Å²) in [4.78, 5) is 12.1. The summed E-state index contributed by atoms with van der Waals surface area (Å²) in [6.45, 7) is 5.87. The van der Waals surface area contributed by atoms with Gasteiger partial charge in [0.05, 0.1) is 0 Å². The zero-order valence-corrected chi connectivity index (χ0v) is 12.0. The highest BCUT2D eigenvalue weighted by atomic mass is 16.1. The van der Waals surface area contributed by atoms with Crippen molar-refractivity contribution in [1.29, 1.82) is 0 Å². The fourth-order valence-electron chi connectivity index (χ4n) is 2.61. The second kappa shape index (κ2) is 6.71. The van der Waals surface area contributed by atoms with Crippen LogP contribution >= 0.6 is 0 Å². The molecule has 1 amide bonds. The van der Waals surface area contributed by atoms with Crippen LogP contribution in [0.2, 0.25) is 0 Å². The van der Waals surface area contributed by atoms with E-state index in [0.29, 0.717) is 6.04 Å². The Hall–Kier alpha value is -1.35. The van der Waals surface area contributed by atoms with Crippen LogP contribution in [0.25, 0.3) is 0 Å². The number of carbonyl (C=O) groups excluding carboxylic acids is 1. The van der Waals surface area contributed by atoms with Crippen LogP contribution in [0.3, 0.4) is 0 Å². The second-order valence-electron chi connectivity index (χ2n) is 5.51. The van der Waals surface area contributed by atoms with Crippen LogP contribution in [0.5, 0.6) is 0 Å². The van der Waals surface area contributed by atoms with Crippen molar-refractivity contribution in [1.82, 2.24) is 10.6 Å². The topological polar surface area (TPSA) is 41.1 Å². The van der Waals surface area contributed by atoms with Crippen molar-refractivity contribution < 1.29 is 4.79 Å². The molecule has 0 saturated carbocycles. The third-order valence-electron chi connectivity index (χ3n) is 3.83. The van der Waals surface area contributed by atoms with E-state index in [4.69, 9.17) is 0 Å². The average molecular weight is 260 g/mol. The summed E-state index contributed by atoms with van der Waals surface area (Å²) < 4.78 is 0. The Morgan fingerprint density at radius 3 is 2.95 bits per heavy atom. The molecule has 2 rings (SSSR count). The number of rotatable bonds is 4. The lowest BCUT2D eigenvalue weighted by molar-refractivity contribution is 0.0951. The lowest BCUT2D eigenvalue weighted by Gasteiger charge is -2.23. The maximum absolute atomic E-state index is 12.1. The molecular formula is C16H24N2O. The van der Waals surface area contributed by atoms with Gasteiger partial charge in [-0.15, -0.1) is 0 Å². The van der Waals surface area contributed by atoms with Crippen LogP contribution in [0, 0.1) is 13.8 Å². The van der Waals surface area contributed by atoms with E-state index in [1.165, 1.54) is 19.3 Å². The molecule has 0 radical (unpaired) electrons. The molecule has 1 fully saturated rings. The minimum Gasteiger partial charge on any atom is -0.352 e. The van der Waals surface area contributed by atoms with Gasteiger partial charge in [-0.3, -0.25) is 4.79 Å². The average Bonchev–Trinajstić information content (AvgIpc) is 2.42. The molecular weight excluding hydrogens is 236 g/mol. The van der Waals surface area contributed by atoms with Crippen LogP contribution in [0.1, 0.15) is 47.2 Å². The normalized spacial score (nSPS) is 19.2. The summed E-state index contributed by atoms with van der Waals surface area (Å²) in [5.41, 5.74) is 2.97. The zero-order chi connectivity index (χ0) is 13.7. The molecule has 1 aliphatic rings. The molecule has 1 saturated heterocycles. The highest BCUT2D eigenvalue weighted by Crippen LogP contribution is 2.11. The van der Waals surface area contributed by atoms with Crippen molar-refractivity contribution >= 4 is 5.91 Å². The monoisotopic (exact) mass is 260 g/mol. The Balaban J connectivity index is 1.82. The number of carbonyl (C=O) groups is 1. The van der Waals surface area contributed by atoms with Gasteiger partial charge in [-0.1, -0.05) is 24.1 Å². The molecule has 104 valence electrons. The van der Waals surface area contributed by atoms with E-state index < -0.39 is 0 Å². The minimum absolute atomic E-state index is 0.0528. The number of hydrogen-bond donors (Lipinski definition) is 2. The lowest BCUT2D eigenvalue weighted by Crippen LogP contribution is -2.37. The van der Waals surface area contributed by atoms with Crippen LogP contribution < -0.4 is 10.6 Å². The Bertz CT molecular complexity index is 436. The molecule has 19 heavy (non-hydrogen) atoms. The summed E-state index contributed by atoms with van der Waals surface area (Å²) in [6, 6.07) is 6.58. The SMILES string of the molecule is Cc1ccc(C)c(C(=O)NCCC2CCCCN2)c1. The summed E-state index contributed by atoms with van der Waals surface area (Å²) in [5.74, 6) is 0.0528. The molecule has 0 spiro atoms. The van der Waals surface area contributed by atoms with Gasteiger partial charge >= 0.3 is 0 Å². The van der Waals surface area contributed by atoms with Gasteiger partial charge in [0.1, 0.15) is 0 Å². The molecule has 1 atom stereocenters. The maximum Gasteiger partial charge on any atom is 0.251 e. The first-order valence-corrected chi connectivity index (χ1v) is 7.25. The van der Waals surface area contributed by atoms with Gasteiger partial charge < -0.3 is 10.6 Å². The number of nitrogens with one attached hydrogen (secondary N) is 2. The molecule has 3 heteroatoms. The fourth-order valence-corrected chi connectivity index (χ4v) is 2.61. The number of piperidine rings is 1. The van der Waals surface area contributed by atoms with Crippen molar-refractivity contribution in [3.63, 3.8) is 0 Å². The predicted molar refractivity (Wildman–Crippen MR) is 78.5 cm³/mol. The molecule has 1 unspecified atom stereocenters. The van der Waals surface area contributed by atoms with Gasteiger partial charge in [0.25, 0.3) is 5.91 Å². The Labute approximate surface area is 115 Å². The van der Waals surface area contributed by atoms with Crippen LogP contribution in [0.15, 0.2) is 18.2 Å². The van der Waals surface area contributed by atoms with Gasteiger partial charge in [0.2, 0.25) is 0 Å². The summed E-state index contributed by atoms with van der Waals surface area (Å²) in [6.07, 6.45) is 4.85. The van der Waals surface area contributed by atoms with Crippen molar-refractivity contribution in [3.05, 3.63) is 34.9 Å². The second-order valence-corrected chi connectivity index (χ2v) is 5.51. The number of hydrogen-bond acceptors (Lipinski definition) is 2. The Morgan fingerprint density at radius 2 is 2.21 bits per heavy atom. The molecule has 0 aromatic heterocycles. The third kappa shape index (κ3) is 4.06. The van der Waals surface area contributed by atoms with Crippen LogP contribution in [0.4, 0.5) is 0 Å². The number of benzene rings is 1. The standard InChI is InChI=1S/C16H24N2O/c1-12-6-7-13(2)15(11-12)16(19)18-10-8-14-5-3-4-9-17-14/h6-7,11,14,17H,3-5,8-10H2,1-2H3,(H,18,19). The Kier molecular flexibility index (Phi) is 4.97. The first-order valence-electron chi connectivity index (χ1n) is 7.25. The van der Waals surface area contributed by atoms with E-state index in [1.807, 2.05) is 32.0 Å². The quantitative estimate of drug-likeness (QED) is 0.873. The molecule has 0 aliphatic carbocycles. The molecule has 1 heterocycles. The van der Waals surface area contributed by atoms with E-state index in [9.17, 15) is 4.79 Å². The third-order valence-corrected chi connectivity index (χ3v) is 3.83. The van der Waals surface area contributed by atoms with Gasteiger partial charge in [-0.05, 0) is 51.3 Å². The van der Waals surface area contributed by atoms with Crippen molar-refractivity contribution in [2.45, 2.75) is 45.6 Å². The van der Waals surface area contributed by atoms with Gasteiger partial charge in [-0.25, -0.2) is 0 Å². The lowest BCUT2D eigenvalue weighted by atomic mass is 10.0. The summed E-state index contributed by atoms with van der Waals surface area (Å²) in [5, 5.41) is 6.54. The van der Waals surface area contributed by atoms with Gasteiger partial charge in [0, 0.05) is 18.2 Å². The predicted octanol–water partition coefficient (Wildman–Crippen LogP) is 2.57. The zero-order valence-electron chi connectivity index (χ0n) is 12.0. The number of amides is 1. The highest BCUT2D eigenvalue weighted by molar-refractivity contribution is 5.95. The van der Waals surface area contributed by atoms with Crippen LogP contribution in [-0.2, 0) is 0 Å². The largest absolute Gasteiger partial charge is 0.352 e. The minimum atomic E-state index is 0.0528. The Morgan fingerprint density at radius 1 is 1.37 bits per heavy atom. The smallest absolute Gasteiger partial charge is 0.251 e. The molecule has 0 bridgehead atoms. The van der Waals surface area contributed by atoms with E-state index in [2.05, 4.69) is 10.6 Å². The fraction of sp³-hybridized carbons (Fsp3) is 0.562. The molecule has 3 nitrogen and oxygen atoms in total. The van der Waals surface area contributed by atoms with Gasteiger partial charge in [0.15, 0.2) is 0 Å².